The molecule has 0 N–H and O–H groups in total. The number of benzene rings is 1. The number of aryl methyl sites for hydroxylation is 1. The van der Waals surface area contributed by atoms with Crippen molar-refractivity contribution in [1.82, 2.24) is 0 Å². The summed E-state index contributed by atoms with van der Waals surface area (Å²) in [5, 5.41) is 0.896. The van der Waals surface area contributed by atoms with Gasteiger partial charge in [-0.25, -0.2) is 0 Å². The molecule has 0 unspecified atom stereocenters. The average molecular weight is 256 g/mol. The van der Waals surface area contributed by atoms with Crippen LogP contribution in [-0.2, 0) is 13.3 Å². The summed E-state index contributed by atoms with van der Waals surface area (Å²) >= 11 is 0. The maximum Gasteiger partial charge on any atom is 0.540 e. The Labute approximate surface area is 104 Å². The van der Waals surface area contributed by atoms with Gasteiger partial charge in [0, 0.05) is 21.3 Å². The van der Waals surface area contributed by atoms with Crippen LogP contribution < -0.4 is 9.92 Å². The van der Waals surface area contributed by atoms with Crippen molar-refractivity contribution in [3.05, 3.63) is 23.3 Å². The highest BCUT2D eigenvalue weighted by atomic mass is 28.4. The molecule has 0 atom stereocenters. The summed E-state index contributed by atoms with van der Waals surface area (Å²) in [6.07, 6.45) is 0. The highest BCUT2D eigenvalue weighted by Gasteiger charge is 2.45. The predicted octanol–water partition coefficient (Wildman–Crippen LogP) is 1.40. The van der Waals surface area contributed by atoms with Gasteiger partial charge in [0.25, 0.3) is 0 Å². The van der Waals surface area contributed by atoms with Crippen molar-refractivity contribution < 1.29 is 18.0 Å². The smallest absolute Gasteiger partial charge is 0.497 e. The SMILES string of the molecule is COc1ccc(C)c(C)c1[Si](OC)(OC)OC. The second kappa shape index (κ2) is 5.64. The molecular formula is C12H20O4Si. The predicted molar refractivity (Wildman–Crippen MR) is 68.9 cm³/mol. The summed E-state index contributed by atoms with van der Waals surface area (Å²) in [5.41, 5.74) is 2.24. The van der Waals surface area contributed by atoms with E-state index in [1.54, 1.807) is 28.4 Å². The lowest BCUT2D eigenvalue weighted by atomic mass is 10.1. The topological polar surface area (TPSA) is 36.9 Å². The second-order valence-corrected chi connectivity index (χ2v) is 6.59. The summed E-state index contributed by atoms with van der Waals surface area (Å²) in [4.78, 5) is 0. The molecule has 0 aliphatic rings. The Hall–Kier alpha value is -0.883. The van der Waals surface area contributed by atoms with Gasteiger partial charge in [0.1, 0.15) is 5.75 Å². The normalized spacial score (nSPS) is 11.6. The highest BCUT2D eigenvalue weighted by Crippen LogP contribution is 2.21. The maximum atomic E-state index is 5.52. The summed E-state index contributed by atoms with van der Waals surface area (Å²) in [5.74, 6) is 0.741. The zero-order chi connectivity index (χ0) is 13.1. The Kier molecular flexibility index (Phi) is 4.70. The lowest BCUT2D eigenvalue weighted by molar-refractivity contribution is 0.139. The van der Waals surface area contributed by atoms with Crippen LogP contribution in [0.4, 0.5) is 0 Å². The maximum absolute atomic E-state index is 5.52. The van der Waals surface area contributed by atoms with Crippen molar-refractivity contribution in [1.29, 1.82) is 0 Å². The van der Waals surface area contributed by atoms with E-state index in [1.165, 1.54) is 0 Å². The van der Waals surface area contributed by atoms with E-state index < -0.39 is 8.80 Å². The first-order valence-electron chi connectivity index (χ1n) is 5.36. The third-order valence-corrected chi connectivity index (χ3v) is 5.88. The molecule has 1 aromatic rings. The van der Waals surface area contributed by atoms with E-state index in [0.29, 0.717) is 0 Å². The largest absolute Gasteiger partial charge is 0.540 e. The molecule has 0 heterocycles. The molecule has 0 radical (unpaired) electrons. The molecule has 0 saturated carbocycles. The van der Waals surface area contributed by atoms with E-state index in [0.717, 1.165) is 22.1 Å². The molecule has 4 nitrogen and oxygen atoms in total. The van der Waals surface area contributed by atoms with Crippen LogP contribution in [0.2, 0.25) is 0 Å². The third kappa shape index (κ3) is 2.37. The molecule has 17 heavy (non-hydrogen) atoms. The molecule has 5 heteroatoms. The van der Waals surface area contributed by atoms with Crippen molar-refractivity contribution in [2.24, 2.45) is 0 Å². The highest BCUT2D eigenvalue weighted by molar-refractivity contribution is 6.76. The molecule has 0 amide bonds. The Bertz CT molecular complexity index is 380. The molecule has 0 aliphatic carbocycles. The molecular weight excluding hydrogens is 236 g/mol. The van der Waals surface area contributed by atoms with Crippen LogP contribution in [0.25, 0.3) is 0 Å². The zero-order valence-corrected chi connectivity index (χ0v) is 12.3. The van der Waals surface area contributed by atoms with Crippen LogP contribution in [0.1, 0.15) is 11.1 Å². The number of hydrogen-bond acceptors (Lipinski definition) is 4. The van der Waals surface area contributed by atoms with Crippen molar-refractivity contribution in [2.75, 3.05) is 28.4 Å². The van der Waals surface area contributed by atoms with Crippen molar-refractivity contribution in [3.63, 3.8) is 0 Å². The van der Waals surface area contributed by atoms with Crippen LogP contribution in [-0.4, -0.2) is 37.2 Å². The van der Waals surface area contributed by atoms with Gasteiger partial charge < -0.3 is 18.0 Å². The first kappa shape index (κ1) is 14.2. The van der Waals surface area contributed by atoms with Crippen LogP contribution >= 0.6 is 0 Å². The molecule has 96 valence electrons. The van der Waals surface area contributed by atoms with Gasteiger partial charge in [0.15, 0.2) is 0 Å². The zero-order valence-electron chi connectivity index (χ0n) is 11.3. The molecule has 0 aromatic heterocycles. The molecule has 1 rings (SSSR count). The van der Waals surface area contributed by atoms with Crippen molar-refractivity contribution in [3.8, 4) is 5.75 Å². The summed E-state index contributed by atoms with van der Waals surface area (Å²) in [6, 6.07) is 3.92. The van der Waals surface area contributed by atoms with Gasteiger partial charge in [-0.1, -0.05) is 6.07 Å². The lowest BCUT2D eigenvalue weighted by Gasteiger charge is -2.28. The fraction of sp³-hybridized carbons (Fsp3) is 0.500. The van der Waals surface area contributed by atoms with E-state index >= 15 is 0 Å². The van der Waals surface area contributed by atoms with Gasteiger partial charge in [0.2, 0.25) is 0 Å². The van der Waals surface area contributed by atoms with E-state index in [4.69, 9.17) is 18.0 Å². The Morgan fingerprint density at radius 3 is 1.82 bits per heavy atom. The first-order chi connectivity index (χ1) is 8.06. The van der Waals surface area contributed by atoms with E-state index in [9.17, 15) is 0 Å². The minimum Gasteiger partial charge on any atom is -0.497 e. The van der Waals surface area contributed by atoms with Crippen molar-refractivity contribution in [2.45, 2.75) is 13.8 Å². The fourth-order valence-corrected chi connectivity index (χ4v) is 4.15. The minimum absolute atomic E-state index is 0.741. The Balaban J connectivity index is 3.50. The number of methoxy groups -OCH3 is 1. The molecule has 1 aromatic carbocycles. The minimum atomic E-state index is -2.86. The third-order valence-electron chi connectivity index (χ3n) is 3.03. The summed E-state index contributed by atoms with van der Waals surface area (Å²) in [7, 11) is 3.57. The Morgan fingerprint density at radius 1 is 0.882 bits per heavy atom. The fourth-order valence-electron chi connectivity index (χ4n) is 1.90. The quantitative estimate of drug-likeness (QED) is 0.746. The van der Waals surface area contributed by atoms with Crippen LogP contribution in [0.3, 0.4) is 0 Å². The molecule has 0 aliphatic heterocycles. The summed E-state index contributed by atoms with van der Waals surface area (Å²) in [6.45, 7) is 4.06. The second-order valence-electron chi connectivity index (χ2n) is 3.75. The lowest BCUT2D eigenvalue weighted by Crippen LogP contribution is -2.56. The van der Waals surface area contributed by atoms with Gasteiger partial charge >= 0.3 is 8.80 Å². The monoisotopic (exact) mass is 256 g/mol. The summed E-state index contributed by atoms with van der Waals surface area (Å²) < 4.78 is 21.9. The standard InChI is InChI=1S/C12H20O4Si/c1-9-7-8-11(13-3)12(10(9)2)17(14-4,15-5)16-6/h7-8H,1-6H3. The van der Waals surface area contributed by atoms with Crippen LogP contribution in [0.5, 0.6) is 5.75 Å². The number of ether oxygens (including phenoxy) is 1. The van der Waals surface area contributed by atoms with Gasteiger partial charge in [-0.15, -0.1) is 0 Å². The van der Waals surface area contributed by atoms with Gasteiger partial charge in [0.05, 0.1) is 12.3 Å². The van der Waals surface area contributed by atoms with Gasteiger partial charge in [-0.05, 0) is 31.0 Å². The van der Waals surface area contributed by atoms with E-state index in [1.807, 2.05) is 26.0 Å². The van der Waals surface area contributed by atoms with Crippen LogP contribution in [0, 0.1) is 13.8 Å². The van der Waals surface area contributed by atoms with Crippen LogP contribution in [0.15, 0.2) is 12.1 Å². The molecule has 0 saturated heterocycles. The van der Waals surface area contributed by atoms with Gasteiger partial charge in [-0.3, -0.25) is 0 Å². The van der Waals surface area contributed by atoms with E-state index in [2.05, 4.69) is 0 Å². The number of rotatable bonds is 5. The van der Waals surface area contributed by atoms with Crippen molar-refractivity contribution >= 4 is 14.0 Å². The van der Waals surface area contributed by atoms with Gasteiger partial charge in [-0.2, -0.15) is 0 Å². The first-order valence-corrected chi connectivity index (χ1v) is 7.08. The average Bonchev–Trinajstić information content (AvgIpc) is 2.37. The van der Waals surface area contributed by atoms with E-state index in [-0.39, 0.29) is 0 Å². The molecule has 0 spiro atoms. The molecule has 0 fully saturated rings. The molecule has 0 bridgehead atoms. The Morgan fingerprint density at radius 2 is 1.41 bits per heavy atom. The number of hydrogen-bond donors (Lipinski definition) is 0.